The molecule has 0 aromatic heterocycles. The van der Waals surface area contributed by atoms with Crippen molar-refractivity contribution in [2.75, 3.05) is 19.6 Å². The van der Waals surface area contributed by atoms with Crippen LogP contribution in [0.25, 0.3) is 0 Å². The molecular formula is C20H23FN4O2. The summed E-state index contributed by atoms with van der Waals surface area (Å²) in [5, 5.41) is 5.59. The van der Waals surface area contributed by atoms with Crippen molar-refractivity contribution in [3.8, 4) is 0 Å². The third-order valence-electron chi connectivity index (χ3n) is 4.56. The lowest BCUT2D eigenvalue weighted by Crippen LogP contribution is -2.35. The second-order valence-corrected chi connectivity index (χ2v) is 6.49. The van der Waals surface area contributed by atoms with E-state index in [0.29, 0.717) is 12.1 Å². The molecule has 6 nitrogen and oxygen atoms in total. The van der Waals surface area contributed by atoms with E-state index in [4.69, 9.17) is 0 Å². The van der Waals surface area contributed by atoms with Crippen molar-refractivity contribution in [1.82, 2.24) is 21.5 Å². The molecule has 1 fully saturated rings. The minimum atomic E-state index is -0.393. The van der Waals surface area contributed by atoms with E-state index in [2.05, 4.69) is 33.6 Å². The van der Waals surface area contributed by atoms with E-state index in [0.717, 1.165) is 6.54 Å². The van der Waals surface area contributed by atoms with Gasteiger partial charge in [0.25, 0.3) is 5.91 Å². The van der Waals surface area contributed by atoms with Crippen molar-refractivity contribution < 1.29 is 14.0 Å². The number of rotatable bonds is 7. The summed E-state index contributed by atoms with van der Waals surface area (Å²) in [6, 6.07) is 15.5. The van der Waals surface area contributed by atoms with Crippen LogP contribution in [0.5, 0.6) is 0 Å². The van der Waals surface area contributed by atoms with E-state index >= 15 is 0 Å². The maximum absolute atomic E-state index is 12.9. The maximum Gasteiger partial charge on any atom is 0.251 e. The number of halogens is 1. The molecule has 2 atom stereocenters. The first-order chi connectivity index (χ1) is 13.1. The zero-order valence-electron chi connectivity index (χ0n) is 14.9. The molecule has 2 aromatic carbocycles. The third-order valence-corrected chi connectivity index (χ3v) is 4.56. The first-order valence-corrected chi connectivity index (χ1v) is 8.97. The first-order valence-electron chi connectivity index (χ1n) is 8.97. The molecule has 7 heteroatoms. The van der Waals surface area contributed by atoms with Gasteiger partial charge in [-0.15, -0.1) is 0 Å². The van der Waals surface area contributed by atoms with Gasteiger partial charge in [-0.2, -0.15) is 0 Å². The highest BCUT2D eigenvalue weighted by atomic mass is 19.1. The van der Waals surface area contributed by atoms with Crippen molar-refractivity contribution in [3.05, 3.63) is 71.5 Å². The van der Waals surface area contributed by atoms with E-state index in [1.807, 2.05) is 18.2 Å². The molecule has 0 bridgehead atoms. The van der Waals surface area contributed by atoms with Gasteiger partial charge in [0.1, 0.15) is 5.82 Å². The molecular weight excluding hydrogens is 347 g/mol. The van der Waals surface area contributed by atoms with Gasteiger partial charge in [0.15, 0.2) is 0 Å². The van der Waals surface area contributed by atoms with Gasteiger partial charge in [0.05, 0.1) is 6.04 Å². The average molecular weight is 370 g/mol. The highest BCUT2D eigenvalue weighted by Gasteiger charge is 2.28. The van der Waals surface area contributed by atoms with Crippen molar-refractivity contribution in [2.45, 2.75) is 12.5 Å². The Kier molecular flexibility index (Phi) is 6.51. The second-order valence-electron chi connectivity index (χ2n) is 6.49. The highest BCUT2D eigenvalue weighted by Crippen LogP contribution is 2.23. The van der Waals surface area contributed by atoms with Crippen molar-refractivity contribution in [3.63, 3.8) is 0 Å². The van der Waals surface area contributed by atoms with E-state index in [-0.39, 0.29) is 36.7 Å². The van der Waals surface area contributed by atoms with E-state index in [1.54, 1.807) is 0 Å². The fourth-order valence-electron chi connectivity index (χ4n) is 3.07. The van der Waals surface area contributed by atoms with Crippen molar-refractivity contribution in [2.24, 2.45) is 5.92 Å². The van der Waals surface area contributed by atoms with E-state index in [1.165, 1.54) is 29.8 Å². The van der Waals surface area contributed by atoms with Gasteiger partial charge in [-0.05, 0) is 29.8 Å². The van der Waals surface area contributed by atoms with Gasteiger partial charge >= 0.3 is 0 Å². The monoisotopic (exact) mass is 370 g/mol. The topological polar surface area (TPSA) is 82.3 Å². The Labute approximate surface area is 157 Å². The van der Waals surface area contributed by atoms with Gasteiger partial charge in [-0.1, -0.05) is 30.3 Å². The summed E-state index contributed by atoms with van der Waals surface area (Å²) in [5.74, 6) is -0.593. The van der Waals surface area contributed by atoms with Crippen molar-refractivity contribution in [1.29, 1.82) is 0 Å². The van der Waals surface area contributed by atoms with Gasteiger partial charge in [-0.3, -0.25) is 15.0 Å². The van der Waals surface area contributed by atoms with Gasteiger partial charge in [0.2, 0.25) is 5.91 Å². The molecule has 0 saturated carbocycles. The maximum atomic E-state index is 12.9. The zero-order chi connectivity index (χ0) is 19.1. The van der Waals surface area contributed by atoms with Crippen LogP contribution in [0.1, 0.15) is 28.4 Å². The molecule has 0 spiro atoms. The Hall–Kier alpha value is -2.77. The molecule has 0 radical (unpaired) electrons. The number of hydrogen-bond donors (Lipinski definition) is 4. The summed E-state index contributed by atoms with van der Waals surface area (Å²) in [6.07, 6.45) is 0.191. The van der Waals surface area contributed by atoms with Crippen LogP contribution in [0.15, 0.2) is 54.6 Å². The molecule has 2 amide bonds. The molecule has 1 heterocycles. The Morgan fingerprint density at radius 2 is 1.78 bits per heavy atom. The molecule has 1 aliphatic rings. The SMILES string of the molecule is O=C(CCNC(=O)c1ccc(F)cc1)NCC1CNNC1c1ccccc1. The summed E-state index contributed by atoms with van der Waals surface area (Å²) in [4.78, 5) is 24.0. The molecule has 2 unspecified atom stereocenters. The molecule has 1 aliphatic heterocycles. The number of benzene rings is 2. The van der Waals surface area contributed by atoms with Crippen molar-refractivity contribution >= 4 is 11.8 Å². The zero-order valence-corrected chi connectivity index (χ0v) is 14.9. The van der Waals surface area contributed by atoms with Crippen LogP contribution in [-0.4, -0.2) is 31.4 Å². The largest absolute Gasteiger partial charge is 0.356 e. The van der Waals surface area contributed by atoms with E-state index in [9.17, 15) is 14.0 Å². The number of carbonyl (C=O) groups excluding carboxylic acids is 2. The predicted molar refractivity (Wildman–Crippen MR) is 100 cm³/mol. The van der Waals surface area contributed by atoms with Crippen LogP contribution in [-0.2, 0) is 4.79 Å². The third kappa shape index (κ3) is 5.35. The van der Waals surface area contributed by atoms with E-state index < -0.39 is 5.82 Å². The number of hydrogen-bond acceptors (Lipinski definition) is 4. The standard InChI is InChI=1S/C20H23FN4O2/c21-17-8-6-15(7-9-17)20(27)22-11-10-18(26)23-12-16-13-24-25-19(16)14-4-2-1-3-5-14/h1-9,16,19,24-25H,10-13H2,(H,22,27)(H,23,26). The van der Waals surface area contributed by atoms with Crippen LogP contribution >= 0.6 is 0 Å². The Morgan fingerprint density at radius 3 is 2.52 bits per heavy atom. The molecule has 27 heavy (non-hydrogen) atoms. The average Bonchev–Trinajstić information content (AvgIpc) is 3.16. The highest BCUT2D eigenvalue weighted by molar-refractivity contribution is 5.94. The fourth-order valence-corrected chi connectivity index (χ4v) is 3.07. The molecule has 1 saturated heterocycles. The summed E-state index contributed by atoms with van der Waals surface area (Å²) in [7, 11) is 0. The number of carbonyl (C=O) groups is 2. The lowest BCUT2D eigenvalue weighted by atomic mass is 9.95. The molecule has 2 aromatic rings. The second kappa shape index (κ2) is 9.25. The molecule has 142 valence electrons. The molecule has 4 N–H and O–H groups in total. The van der Waals surface area contributed by atoms with Crippen LogP contribution in [0, 0.1) is 11.7 Å². The number of nitrogens with one attached hydrogen (secondary N) is 4. The number of hydrazine groups is 1. The summed E-state index contributed by atoms with van der Waals surface area (Å²) in [5.41, 5.74) is 7.92. The molecule has 3 rings (SSSR count). The molecule has 0 aliphatic carbocycles. The lowest BCUT2D eigenvalue weighted by molar-refractivity contribution is -0.121. The summed E-state index contributed by atoms with van der Waals surface area (Å²) in [6.45, 7) is 1.54. The summed E-state index contributed by atoms with van der Waals surface area (Å²) >= 11 is 0. The Morgan fingerprint density at radius 1 is 1.04 bits per heavy atom. The Balaban J connectivity index is 1.39. The fraction of sp³-hybridized carbons (Fsp3) is 0.300. The van der Waals surface area contributed by atoms with Crippen LogP contribution in [0.3, 0.4) is 0 Å². The number of amides is 2. The van der Waals surface area contributed by atoms with Gasteiger partial charge in [0, 0.05) is 37.5 Å². The minimum absolute atomic E-state index is 0.117. The van der Waals surface area contributed by atoms with Crippen LogP contribution < -0.4 is 21.5 Å². The quantitative estimate of drug-likeness (QED) is 0.596. The van der Waals surface area contributed by atoms with Crippen LogP contribution in [0.2, 0.25) is 0 Å². The predicted octanol–water partition coefficient (Wildman–Crippen LogP) is 1.53. The smallest absolute Gasteiger partial charge is 0.251 e. The lowest BCUT2D eigenvalue weighted by Gasteiger charge is -2.19. The summed E-state index contributed by atoms with van der Waals surface area (Å²) < 4.78 is 12.9. The minimum Gasteiger partial charge on any atom is -0.356 e. The normalized spacial score (nSPS) is 18.9. The first kappa shape index (κ1) is 19.0. The Bertz CT molecular complexity index is 767. The van der Waals surface area contributed by atoms with Gasteiger partial charge in [-0.25, -0.2) is 9.82 Å². The van der Waals surface area contributed by atoms with Crippen LogP contribution in [0.4, 0.5) is 4.39 Å². The van der Waals surface area contributed by atoms with Gasteiger partial charge < -0.3 is 10.6 Å².